The first-order valence-electron chi connectivity index (χ1n) is 11.8. The molecular formula is C28H25FN4O3S. The number of rotatable bonds is 6. The number of amides is 2. The SMILES string of the molecule is COc1ccc(C2=NN(C3=NC(=O)[C@@H](CC(=O)Nc4cccc(C)c4)S3)[C@H](c3ccc(F)cc3)C2)cc1. The summed E-state index contributed by atoms with van der Waals surface area (Å²) in [6, 6.07) is 21.1. The van der Waals surface area contributed by atoms with E-state index < -0.39 is 5.25 Å². The van der Waals surface area contributed by atoms with Crippen molar-refractivity contribution in [1.82, 2.24) is 5.01 Å². The number of benzene rings is 3. The quantitative estimate of drug-likeness (QED) is 0.480. The summed E-state index contributed by atoms with van der Waals surface area (Å²) in [4.78, 5) is 29.7. The summed E-state index contributed by atoms with van der Waals surface area (Å²) in [7, 11) is 1.61. The Labute approximate surface area is 218 Å². The molecule has 9 heteroatoms. The van der Waals surface area contributed by atoms with Gasteiger partial charge in [0.05, 0.1) is 18.9 Å². The van der Waals surface area contributed by atoms with Gasteiger partial charge in [-0.05, 0) is 72.1 Å². The highest BCUT2D eigenvalue weighted by Crippen LogP contribution is 2.38. The van der Waals surface area contributed by atoms with Crippen LogP contribution in [0.2, 0.25) is 0 Å². The van der Waals surface area contributed by atoms with Crippen LogP contribution in [-0.2, 0) is 9.59 Å². The molecule has 0 aromatic heterocycles. The Morgan fingerprint density at radius 3 is 2.59 bits per heavy atom. The Morgan fingerprint density at radius 1 is 1.14 bits per heavy atom. The smallest absolute Gasteiger partial charge is 0.262 e. The van der Waals surface area contributed by atoms with Crippen molar-refractivity contribution in [3.63, 3.8) is 0 Å². The number of carbonyl (C=O) groups is 2. The number of thioether (sulfide) groups is 1. The minimum absolute atomic E-state index is 0.00541. The zero-order valence-electron chi connectivity index (χ0n) is 20.3. The molecule has 2 heterocycles. The molecule has 0 saturated heterocycles. The van der Waals surface area contributed by atoms with E-state index in [1.165, 1.54) is 23.9 Å². The Balaban J connectivity index is 1.35. The predicted octanol–water partition coefficient (Wildman–Crippen LogP) is 5.32. The van der Waals surface area contributed by atoms with Gasteiger partial charge in [-0.1, -0.05) is 36.0 Å². The van der Waals surface area contributed by atoms with Crippen LogP contribution >= 0.6 is 11.8 Å². The predicted molar refractivity (Wildman–Crippen MR) is 143 cm³/mol. The number of anilines is 1. The van der Waals surface area contributed by atoms with Gasteiger partial charge in [-0.15, -0.1) is 0 Å². The van der Waals surface area contributed by atoms with E-state index >= 15 is 0 Å². The second-order valence-electron chi connectivity index (χ2n) is 8.85. The van der Waals surface area contributed by atoms with Crippen LogP contribution in [0.4, 0.5) is 10.1 Å². The van der Waals surface area contributed by atoms with Crippen molar-refractivity contribution in [3.8, 4) is 5.75 Å². The number of halogens is 1. The molecule has 3 aromatic carbocycles. The molecule has 1 N–H and O–H groups in total. The molecular weight excluding hydrogens is 491 g/mol. The molecule has 37 heavy (non-hydrogen) atoms. The molecule has 0 bridgehead atoms. The lowest BCUT2D eigenvalue weighted by atomic mass is 9.98. The third-order valence-electron chi connectivity index (χ3n) is 6.19. The van der Waals surface area contributed by atoms with Gasteiger partial charge >= 0.3 is 0 Å². The van der Waals surface area contributed by atoms with E-state index in [0.29, 0.717) is 17.3 Å². The molecule has 188 valence electrons. The lowest BCUT2D eigenvalue weighted by Gasteiger charge is -2.23. The number of carbonyl (C=O) groups excluding carboxylic acids is 2. The summed E-state index contributed by atoms with van der Waals surface area (Å²) in [5.74, 6) is -0.216. The van der Waals surface area contributed by atoms with Crippen LogP contribution in [0.3, 0.4) is 0 Å². The van der Waals surface area contributed by atoms with Crippen LogP contribution < -0.4 is 10.1 Å². The van der Waals surface area contributed by atoms with Crippen LogP contribution in [0.25, 0.3) is 0 Å². The Morgan fingerprint density at radius 2 is 1.89 bits per heavy atom. The summed E-state index contributed by atoms with van der Waals surface area (Å²) in [6.07, 6.45) is 0.540. The fourth-order valence-electron chi connectivity index (χ4n) is 4.30. The van der Waals surface area contributed by atoms with Crippen LogP contribution in [0.5, 0.6) is 5.75 Å². The van der Waals surface area contributed by atoms with Crippen LogP contribution in [0, 0.1) is 12.7 Å². The van der Waals surface area contributed by atoms with Gasteiger partial charge in [-0.2, -0.15) is 10.1 Å². The van der Waals surface area contributed by atoms with Crippen molar-refractivity contribution in [3.05, 3.63) is 95.3 Å². The molecule has 0 radical (unpaired) electrons. The van der Waals surface area contributed by atoms with Gasteiger partial charge in [-0.3, -0.25) is 9.59 Å². The molecule has 2 aliphatic rings. The molecule has 0 fully saturated rings. The lowest BCUT2D eigenvalue weighted by Crippen LogP contribution is -2.25. The van der Waals surface area contributed by atoms with E-state index in [1.54, 1.807) is 24.3 Å². The molecule has 0 unspecified atom stereocenters. The van der Waals surface area contributed by atoms with Gasteiger partial charge in [0.25, 0.3) is 5.91 Å². The monoisotopic (exact) mass is 516 g/mol. The van der Waals surface area contributed by atoms with Crippen LogP contribution in [-0.4, -0.2) is 40.1 Å². The topological polar surface area (TPSA) is 83.4 Å². The molecule has 5 rings (SSSR count). The zero-order valence-corrected chi connectivity index (χ0v) is 21.2. The number of hydrogen-bond donors (Lipinski definition) is 1. The Kier molecular flexibility index (Phi) is 7.05. The summed E-state index contributed by atoms with van der Waals surface area (Å²) in [5.41, 5.74) is 4.30. The van der Waals surface area contributed by atoms with Crippen molar-refractivity contribution in [2.24, 2.45) is 10.1 Å². The Bertz CT molecular complexity index is 1390. The molecule has 0 aliphatic carbocycles. The van der Waals surface area contributed by atoms with Crippen molar-refractivity contribution >= 4 is 40.1 Å². The average molecular weight is 517 g/mol. The molecule has 7 nitrogen and oxygen atoms in total. The average Bonchev–Trinajstić information content (AvgIpc) is 3.48. The number of methoxy groups -OCH3 is 1. The van der Waals surface area contributed by atoms with Gasteiger partial charge in [-0.25, -0.2) is 9.40 Å². The lowest BCUT2D eigenvalue weighted by molar-refractivity contribution is -0.121. The maximum atomic E-state index is 13.6. The fourth-order valence-corrected chi connectivity index (χ4v) is 5.36. The maximum absolute atomic E-state index is 13.6. The second-order valence-corrected chi connectivity index (χ2v) is 10.0. The summed E-state index contributed by atoms with van der Waals surface area (Å²) in [6.45, 7) is 1.94. The fraction of sp³-hybridized carbons (Fsp3) is 0.214. The van der Waals surface area contributed by atoms with Gasteiger partial charge in [0.1, 0.15) is 16.8 Å². The minimum Gasteiger partial charge on any atom is -0.497 e. The van der Waals surface area contributed by atoms with Gasteiger partial charge in [0.2, 0.25) is 5.91 Å². The van der Waals surface area contributed by atoms with Crippen molar-refractivity contribution in [1.29, 1.82) is 0 Å². The second kappa shape index (κ2) is 10.6. The largest absolute Gasteiger partial charge is 0.497 e. The van der Waals surface area contributed by atoms with E-state index in [4.69, 9.17) is 9.84 Å². The van der Waals surface area contributed by atoms with E-state index in [-0.39, 0.29) is 30.1 Å². The van der Waals surface area contributed by atoms with Crippen molar-refractivity contribution in [2.75, 3.05) is 12.4 Å². The number of aliphatic imine (C=N–C) groups is 1. The van der Waals surface area contributed by atoms with E-state index in [9.17, 15) is 14.0 Å². The van der Waals surface area contributed by atoms with Gasteiger partial charge in [0.15, 0.2) is 5.17 Å². The first-order chi connectivity index (χ1) is 17.9. The maximum Gasteiger partial charge on any atom is 0.262 e. The highest BCUT2D eigenvalue weighted by atomic mass is 32.2. The van der Waals surface area contributed by atoms with Gasteiger partial charge < -0.3 is 10.1 Å². The molecule has 3 aromatic rings. The van der Waals surface area contributed by atoms with E-state index in [1.807, 2.05) is 55.5 Å². The van der Waals surface area contributed by atoms with E-state index in [0.717, 1.165) is 28.2 Å². The minimum atomic E-state index is -0.645. The molecule has 0 spiro atoms. The number of hydrazone groups is 1. The van der Waals surface area contributed by atoms with Crippen LogP contribution in [0.1, 0.15) is 35.6 Å². The van der Waals surface area contributed by atoms with Crippen molar-refractivity contribution in [2.45, 2.75) is 31.1 Å². The van der Waals surface area contributed by atoms with Crippen LogP contribution in [0.15, 0.2) is 82.9 Å². The summed E-state index contributed by atoms with van der Waals surface area (Å²) in [5, 5.41) is 9.16. The first-order valence-corrected chi connectivity index (χ1v) is 12.7. The highest BCUT2D eigenvalue weighted by molar-refractivity contribution is 8.15. The third kappa shape index (κ3) is 5.56. The molecule has 2 amide bonds. The number of ether oxygens (including phenoxy) is 1. The molecule has 2 atom stereocenters. The number of amidine groups is 1. The van der Waals surface area contributed by atoms with E-state index in [2.05, 4.69) is 10.3 Å². The number of nitrogens with zero attached hydrogens (tertiary/aromatic N) is 3. The normalized spacial score (nSPS) is 19.0. The highest BCUT2D eigenvalue weighted by Gasteiger charge is 2.39. The summed E-state index contributed by atoms with van der Waals surface area (Å²) >= 11 is 1.23. The first kappa shape index (κ1) is 24.7. The number of nitrogens with one attached hydrogen (secondary N) is 1. The number of hydrogen-bond acceptors (Lipinski definition) is 6. The third-order valence-corrected chi connectivity index (χ3v) is 7.33. The zero-order chi connectivity index (χ0) is 25.9. The standard InChI is InChI=1S/C28H25FN4O3S/c1-17-4-3-5-21(14-17)30-26(34)16-25-27(35)31-28(37-25)33-24(19-6-10-20(29)11-7-19)15-23(32-33)18-8-12-22(36-2)13-9-18/h3-14,24-25H,15-16H2,1-2H3,(H,30,34)/t24-,25+/m0/s1. The Hall–Kier alpha value is -3.98. The number of aryl methyl sites for hydroxylation is 1. The van der Waals surface area contributed by atoms with Gasteiger partial charge in [0, 0.05) is 18.5 Å². The molecule has 2 aliphatic heterocycles. The molecule has 0 saturated carbocycles. The van der Waals surface area contributed by atoms with Crippen molar-refractivity contribution < 1.29 is 18.7 Å². The summed E-state index contributed by atoms with van der Waals surface area (Å²) < 4.78 is 18.9.